The molecule has 1 unspecified atom stereocenters. The third kappa shape index (κ3) is 4.19. The van der Waals surface area contributed by atoms with E-state index in [0.717, 1.165) is 5.56 Å². The number of nitro groups is 1. The van der Waals surface area contributed by atoms with Crippen LogP contribution in [-0.2, 0) is 4.79 Å². The molecule has 9 heteroatoms. The summed E-state index contributed by atoms with van der Waals surface area (Å²) in [5.74, 6) is -0.743. The number of carbonyl (C=O) groups is 2. The van der Waals surface area contributed by atoms with Crippen LogP contribution < -0.4 is 10.2 Å². The van der Waals surface area contributed by atoms with E-state index in [1.165, 1.54) is 42.1 Å². The minimum Gasteiger partial charge on any atom is -0.322 e. The number of nitrogens with one attached hydrogen (secondary N) is 1. The average molecular weight is 451 g/mol. The molecule has 1 atom stereocenters. The van der Waals surface area contributed by atoms with Crippen molar-refractivity contribution >= 4 is 40.6 Å². The van der Waals surface area contributed by atoms with Crippen molar-refractivity contribution in [3.63, 3.8) is 0 Å². The number of anilines is 2. The quantitative estimate of drug-likeness (QED) is 0.432. The Kier molecular flexibility index (Phi) is 5.91. The highest BCUT2D eigenvalue weighted by atomic mass is 32.2. The summed E-state index contributed by atoms with van der Waals surface area (Å²) in [5, 5.41) is 13.3. The Bertz CT molecular complexity index is 1230. The second-order valence-electron chi connectivity index (χ2n) is 7.20. The third-order valence-corrected chi connectivity index (χ3v) is 6.33. The second kappa shape index (κ2) is 8.80. The predicted octanol–water partition coefficient (Wildman–Crippen LogP) is 5.07. The molecule has 1 N–H and O–H groups in total. The van der Waals surface area contributed by atoms with Crippen LogP contribution in [0.5, 0.6) is 0 Å². The molecule has 0 aromatic heterocycles. The number of non-ortho nitro benzene ring substituents is 1. The van der Waals surface area contributed by atoms with E-state index in [1.807, 2.05) is 6.07 Å². The van der Waals surface area contributed by atoms with Gasteiger partial charge in [-0.2, -0.15) is 0 Å². The summed E-state index contributed by atoms with van der Waals surface area (Å²) in [6.45, 7) is 1.63. The Labute approximate surface area is 187 Å². The molecule has 0 aliphatic carbocycles. The molecule has 4 rings (SSSR count). The fourth-order valence-corrected chi connectivity index (χ4v) is 4.68. The summed E-state index contributed by atoms with van der Waals surface area (Å²) in [6.07, 6.45) is 0. The molecule has 3 aromatic rings. The lowest BCUT2D eigenvalue weighted by atomic mass is 10.1. The number of thioether (sulfide) groups is 1. The normalized spacial score (nSPS) is 15.6. The third-order valence-electron chi connectivity index (χ3n) is 5.12. The number of halogens is 1. The first kappa shape index (κ1) is 21.5. The van der Waals surface area contributed by atoms with Gasteiger partial charge in [0.2, 0.25) is 5.91 Å². The Morgan fingerprint density at radius 2 is 1.91 bits per heavy atom. The molecule has 7 nitrogen and oxygen atoms in total. The van der Waals surface area contributed by atoms with Crippen molar-refractivity contribution in [1.82, 2.24) is 0 Å². The highest BCUT2D eigenvalue weighted by molar-refractivity contribution is 8.00. The van der Waals surface area contributed by atoms with Gasteiger partial charge in [0.25, 0.3) is 11.6 Å². The molecule has 162 valence electrons. The van der Waals surface area contributed by atoms with Crippen molar-refractivity contribution < 1.29 is 18.9 Å². The Morgan fingerprint density at radius 1 is 1.16 bits per heavy atom. The number of hydrogen-bond donors (Lipinski definition) is 1. The maximum Gasteiger partial charge on any atom is 0.270 e. The maximum atomic E-state index is 14.1. The topological polar surface area (TPSA) is 92.6 Å². The highest BCUT2D eigenvalue weighted by Crippen LogP contribution is 2.43. The first-order chi connectivity index (χ1) is 15.3. The molecule has 1 fully saturated rings. The molecule has 0 saturated carbocycles. The Hall–Kier alpha value is -3.72. The molecular weight excluding hydrogens is 433 g/mol. The number of nitrogens with zero attached hydrogens (tertiary/aromatic N) is 2. The molecule has 1 saturated heterocycles. The fourth-order valence-electron chi connectivity index (χ4n) is 3.52. The zero-order chi connectivity index (χ0) is 22.8. The van der Waals surface area contributed by atoms with Crippen LogP contribution in [-0.4, -0.2) is 22.5 Å². The smallest absolute Gasteiger partial charge is 0.270 e. The number of nitro benzene ring substituents is 1. The lowest BCUT2D eigenvalue weighted by Crippen LogP contribution is -2.28. The summed E-state index contributed by atoms with van der Waals surface area (Å²) in [5.41, 5.74) is 2.14. The fraction of sp³-hybridized carbons (Fsp3) is 0.130. The van der Waals surface area contributed by atoms with Crippen molar-refractivity contribution in [2.75, 3.05) is 16.0 Å². The van der Waals surface area contributed by atoms with Crippen LogP contribution in [0.2, 0.25) is 0 Å². The van der Waals surface area contributed by atoms with E-state index in [4.69, 9.17) is 0 Å². The molecule has 2 amide bonds. The number of rotatable bonds is 5. The summed E-state index contributed by atoms with van der Waals surface area (Å²) in [4.78, 5) is 37.2. The van der Waals surface area contributed by atoms with Crippen LogP contribution in [0.4, 0.5) is 21.5 Å². The molecule has 0 spiro atoms. The first-order valence-electron chi connectivity index (χ1n) is 9.69. The highest BCUT2D eigenvalue weighted by Gasteiger charge is 2.35. The number of amides is 2. The van der Waals surface area contributed by atoms with Crippen molar-refractivity contribution in [3.8, 4) is 0 Å². The van der Waals surface area contributed by atoms with Crippen LogP contribution >= 0.6 is 11.8 Å². The van der Waals surface area contributed by atoms with Gasteiger partial charge in [0.1, 0.15) is 11.2 Å². The molecule has 3 aromatic carbocycles. The SMILES string of the molecule is Cc1c(F)cccc1N1C(=O)CSC1c1cccc(NC(=O)c2cccc([N+](=O)[O-])c2)c1. The molecule has 32 heavy (non-hydrogen) atoms. The van der Waals surface area contributed by atoms with Gasteiger partial charge in [-0.3, -0.25) is 24.6 Å². The van der Waals surface area contributed by atoms with Crippen LogP contribution in [0.3, 0.4) is 0 Å². The summed E-state index contributed by atoms with van der Waals surface area (Å²) in [7, 11) is 0. The van der Waals surface area contributed by atoms with Gasteiger partial charge in [-0.1, -0.05) is 24.3 Å². The predicted molar refractivity (Wildman–Crippen MR) is 121 cm³/mol. The molecule has 1 heterocycles. The van der Waals surface area contributed by atoms with E-state index in [9.17, 15) is 24.1 Å². The van der Waals surface area contributed by atoms with Gasteiger partial charge in [-0.25, -0.2) is 4.39 Å². The molecular formula is C23H18FN3O4S. The number of hydrogen-bond acceptors (Lipinski definition) is 5. The lowest BCUT2D eigenvalue weighted by Gasteiger charge is -2.26. The summed E-state index contributed by atoms with van der Waals surface area (Å²) in [6, 6.07) is 17.1. The largest absolute Gasteiger partial charge is 0.322 e. The monoisotopic (exact) mass is 451 g/mol. The van der Waals surface area contributed by atoms with Gasteiger partial charge in [0, 0.05) is 28.9 Å². The second-order valence-corrected chi connectivity index (χ2v) is 8.27. The lowest BCUT2D eigenvalue weighted by molar-refractivity contribution is -0.384. The van der Waals surface area contributed by atoms with Crippen LogP contribution in [0, 0.1) is 22.9 Å². The molecule has 1 aliphatic rings. The van der Waals surface area contributed by atoms with Crippen LogP contribution in [0.1, 0.15) is 26.9 Å². The first-order valence-corrected chi connectivity index (χ1v) is 10.7. The van der Waals surface area contributed by atoms with E-state index in [-0.39, 0.29) is 34.1 Å². The molecule has 0 radical (unpaired) electrons. The molecule has 1 aliphatic heterocycles. The maximum absolute atomic E-state index is 14.1. The minimum atomic E-state index is -0.561. The molecule has 0 bridgehead atoms. The number of carbonyl (C=O) groups excluding carboxylic acids is 2. The zero-order valence-electron chi connectivity index (χ0n) is 16.9. The van der Waals surface area contributed by atoms with E-state index in [0.29, 0.717) is 16.9 Å². The van der Waals surface area contributed by atoms with E-state index in [1.54, 1.807) is 42.2 Å². The van der Waals surface area contributed by atoms with Gasteiger partial charge >= 0.3 is 0 Å². The summed E-state index contributed by atoms with van der Waals surface area (Å²) >= 11 is 1.42. The minimum absolute atomic E-state index is 0.125. The van der Waals surface area contributed by atoms with Gasteiger partial charge in [0.05, 0.1) is 16.4 Å². The van der Waals surface area contributed by atoms with Gasteiger partial charge in [0.15, 0.2) is 0 Å². The van der Waals surface area contributed by atoms with Crippen molar-refractivity contribution in [3.05, 3.63) is 99.4 Å². The average Bonchev–Trinajstić information content (AvgIpc) is 3.17. The van der Waals surface area contributed by atoms with E-state index >= 15 is 0 Å². The van der Waals surface area contributed by atoms with Crippen molar-refractivity contribution in [2.24, 2.45) is 0 Å². The number of benzene rings is 3. The standard InChI is InChI=1S/C23H18FN3O4S/c1-14-19(24)9-4-10-20(14)26-21(28)13-32-23(26)16-6-2-7-17(11-16)25-22(29)15-5-3-8-18(12-15)27(30)31/h2-12,23H,13H2,1H3,(H,25,29). The Balaban J connectivity index is 1.60. The Morgan fingerprint density at radius 3 is 2.69 bits per heavy atom. The zero-order valence-corrected chi connectivity index (χ0v) is 17.8. The van der Waals surface area contributed by atoms with Gasteiger partial charge < -0.3 is 5.32 Å². The van der Waals surface area contributed by atoms with Crippen molar-refractivity contribution in [1.29, 1.82) is 0 Å². The van der Waals surface area contributed by atoms with Crippen molar-refractivity contribution in [2.45, 2.75) is 12.3 Å². The van der Waals surface area contributed by atoms with Crippen LogP contribution in [0.25, 0.3) is 0 Å². The van der Waals surface area contributed by atoms with Gasteiger partial charge in [-0.15, -0.1) is 11.8 Å². The summed E-state index contributed by atoms with van der Waals surface area (Å²) < 4.78 is 14.1. The van der Waals surface area contributed by atoms with Gasteiger partial charge in [-0.05, 0) is 42.8 Å². The van der Waals surface area contributed by atoms with E-state index < -0.39 is 10.8 Å². The van der Waals surface area contributed by atoms with Crippen LogP contribution in [0.15, 0.2) is 66.7 Å². The van der Waals surface area contributed by atoms with E-state index in [2.05, 4.69) is 5.32 Å².